The summed E-state index contributed by atoms with van der Waals surface area (Å²) in [7, 11) is 0. The zero-order valence-corrected chi connectivity index (χ0v) is 14.9. The van der Waals surface area contributed by atoms with Gasteiger partial charge < -0.3 is 9.32 Å². The fourth-order valence-corrected chi connectivity index (χ4v) is 3.59. The topological polar surface area (TPSA) is 75.1 Å². The predicted molar refractivity (Wildman–Crippen MR) is 98.6 cm³/mol. The molecule has 1 aliphatic rings. The summed E-state index contributed by atoms with van der Waals surface area (Å²) >= 11 is 0. The van der Waals surface area contributed by atoms with Gasteiger partial charge in [-0.3, -0.25) is 9.48 Å². The highest BCUT2D eigenvalue weighted by atomic mass is 16.3. The lowest BCUT2D eigenvalue weighted by Gasteiger charge is -2.23. The van der Waals surface area contributed by atoms with Crippen LogP contribution in [0.1, 0.15) is 41.5 Å². The molecule has 0 N–H and O–H groups in total. The molecule has 1 atom stereocenters. The van der Waals surface area contributed by atoms with E-state index >= 15 is 0 Å². The molecular formula is C21H20N4O2. The Balaban J connectivity index is 1.55. The highest BCUT2D eigenvalue weighted by Gasteiger charge is 2.26. The van der Waals surface area contributed by atoms with Crippen molar-refractivity contribution in [3.8, 4) is 6.07 Å². The third kappa shape index (κ3) is 3.63. The van der Waals surface area contributed by atoms with Crippen LogP contribution < -0.4 is 0 Å². The first-order valence-electron chi connectivity index (χ1n) is 9.07. The lowest BCUT2D eigenvalue weighted by molar-refractivity contribution is -0.132. The molecule has 3 aromatic rings. The molecule has 0 spiro atoms. The summed E-state index contributed by atoms with van der Waals surface area (Å²) in [6.45, 7) is 1.89. The standard InChI is InChI=1S/C21H20N4O2/c22-14-17-12-18-15-24(9-5-10-25(18)23-17)21(26)13-19(20-8-4-11-27-20)16-6-2-1-3-7-16/h1-4,6-8,11-12,19H,5,9-10,13,15H2. The summed E-state index contributed by atoms with van der Waals surface area (Å²) in [5.41, 5.74) is 2.37. The van der Waals surface area contributed by atoms with Crippen molar-refractivity contribution in [2.75, 3.05) is 6.54 Å². The molecule has 6 heteroatoms. The molecule has 4 rings (SSSR count). The van der Waals surface area contributed by atoms with Gasteiger partial charge in [0.15, 0.2) is 5.69 Å². The first-order chi connectivity index (χ1) is 13.2. The van der Waals surface area contributed by atoms with Crippen molar-refractivity contribution in [3.05, 3.63) is 77.5 Å². The van der Waals surface area contributed by atoms with Crippen LogP contribution in [0.5, 0.6) is 0 Å². The minimum Gasteiger partial charge on any atom is -0.469 e. The smallest absolute Gasteiger partial charge is 0.223 e. The molecule has 1 aliphatic heterocycles. The number of amides is 1. The van der Waals surface area contributed by atoms with Crippen LogP contribution in [-0.2, 0) is 17.9 Å². The SMILES string of the molecule is N#Cc1cc2n(n1)CCCN(C(=O)CC(c1ccccc1)c1ccco1)C2. The first-order valence-corrected chi connectivity index (χ1v) is 9.07. The number of fused-ring (bicyclic) bond motifs is 1. The number of hydrogen-bond donors (Lipinski definition) is 0. The molecule has 1 amide bonds. The fourth-order valence-electron chi connectivity index (χ4n) is 3.59. The zero-order valence-electron chi connectivity index (χ0n) is 14.9. The number of furan rings is 1. The van der Waals surface area contributed by atoms with Crippen LogP contribution in [0, 0.1) is 11.3 Å². The van der Waals surface area contributed by atoms with Crippen molar-refractivity contribution in [2.45, 2.75) is 31.8 Å². The quantitative estimate of drug-likeness (QED) is 0.715. The summed E-state index contributed by atoms with van der Waals surface area (Å²) in [5, 5.41) is 13.3. The van der Waals surface area contributed by atoms with Crippen LogP contribution in [0.4, 0.5) is 0 Å². The second-order valence-corrected chi connectivity index (χ2v) is 6.71. The van der Waals surface area contributed by atoms with Crippen LogP contribution in [0.2, 0.25) is 0 Å². The van der Waals surface area contributed by atoms with Crippen molar-refractivity contribution < 1.29 is 9.21 Å². The molecule has 3 heterocycles. The Kier molecular flexibility index (Phi) is 4.75. The van der Waals surface area contributed by atoms with Crippen LogP contribution in [0.15, 0.2) is 59.2 Å². The third-order valence-electron chi connectivity index (χ3n) is 4.95. The van der Waals surface area contributed by atoms with Gasteiger partial charge in [0.2, 0.25) is 5.91 Å². The molecule has 0 saturated heterocycles. The summed E-state index contributed by atoms with van der Waals surface area (Å²) in [6.07, 6.45) is 2.81. The highest BCUT2D eigenvalue weighted by molar-refractivity contribution is 5.77. The van der Waals surface area contributed by atoms with E-state index in [9.17, 15) is 4.79 Å². The zero-order chi connectivity index (χ0) is 18.6. The molecule has 0 radical (unpaired) electrons. The van der Waals surface area contributed by atoms with E-state index in [4.69, 9.17) is 9.68 Å². The summed E-state index contributed by atoms with van der Waals surface area (Å²) in [4.78, 5) is 15.0. The average molecular weight is 360 g/mol. The number of nitrogens with zero attached hydrogens (tertiary/aromatic N) is 4. The van der Waals surface area contributed by atoms with Crippen molar-refractivity contribution in [2.24, 2.45) is 0 Å². The molecule has 27 heavy (non-hydrogen) atoms. The number of aromatic nitrogens is 2. The van der Waals surface area contributed by atoms with Crippen molar-refractivity contribution in [1.82, 2.24) is 14.7 Å². The minimum absolute atomic E-state index is 0.0772. The van der Waals surface area contributed by atoms with Crippen LogP contribution >= 0.6 is 0 Å². The number of nitriles is 1. The van der Waals surface area contributed by atoms with Gasteiger partial charge in [0.1, 0.15) is 11.8 Å². The van der Waals surface area contributed by atoms with Crippen LogP contribution in [-0.4, -0.2) is 27.1 Å². The molecule has 0 saturated carbocycles. The molecule has 6 nitrogen and oxygen atoms in total. The Morgan fingerprint density at radius 3 is 2.81 bits per heavy atom. The maximum atomic E-state index is 13.1. The Morgan fingerprint density at radius 1 is 1.22 bits per heavy atom. The van der Waals surface area contributed by atoms with Gasteiger partial charge in [-0.1, -0.05) is 30.3 Å². The molecule has 1 aromatic carbocycles. The van der Waals surface area contributed by atoms with Crippen molar-refractivity contribution >= 4 is 5.91 Å². The van der Waals surface area contributed by atoms with E-state index in [1.54, 1.807) is 12.3 Å². The molecular weight excluding hydrogens is 340 g/mol. The van der Waals surface area contributed by atoms with Crippen molar-refractivity contribution in [1.29, 1.82) is 5.26 Å². The molecule has 0 aliphatic carbocycles. The number of hydrogen-bond acceptors (Lipinski definition) is 4. The predicted octanol–water partition coefficient (Wildman–Crippen LogP) is 3.30. The number of rotatable bonds is 4. The van der Waals surface area contributed by atoms with E-state index in [0.717, 1.165) is 30.0 Å². The maximum Gasteiger partial charge on any atom is 0.223 e. The molecule has 1 unspecified atom stereocenters. The Labute approximate surface area is 157 Å². The monoisotopic (exact) mass is 360 g/mol. The Hall–Kier alpha value is -3.33. The van der Waals surface area contributed by atoms with Gasteiger partial charge in [-0.2, -0.15) is 10.4 Å². The number of carbonyl (C=O) groups excluding carboxylic acids is 1. The van der Waals surface area contributed by atoms with E-state index in [0.29, 0.717) is 25.2 Å². The maximum absolute atomic E-state index is 13.1. The van der Waals surface area contributed by atoms with Gasteiger partial charge in [0, 0.05) is 19.5 Å². The van der Waals surface area contributed by atoms with E-state index < -0.39 is 0 Å². The summed E-state index contributed by atoms with van der Waals surface area (Å²) in [6, 6.07) is 17.6. The van der Waals surface area contributed by atoms with Gasteiger partial charge >= 0.3 is 0 Å². The molecule has 0 bridgehead atoms. The molecule has 2 aromatic heterocycles. The van der Waals surface area contributed by atoms with Crippen LogP contribution in [0.3, 0.4) is 0 Å². The number of aryl methyl sites for hydroxylation is 1. The molecule has 0 fully saturated rings. The van der Waals surface area contributed by atoms with Gasteiger partial charge in [-0.15, -0.1) is 0 Å². The van der Waals surface area contributed by atoms with Gasteiger partial charge in [-0.05, 0) is 30.2 Å². The highest BCUT2D eigenvalue weighted by Crippen LogP contribution is 2.29. The normalized spacial score (nSPS) is 14.9. The van der Waals surface area contributed by atoms with Crippen molar-refractivity contribution in [3.63, 3.8) is 0 Å². The second-order valence-electron chi connectivity index (χ2n) is 6.71. The average Bonchev–Trinajstić information content (AvgIpc) is 3.32. The number of benzene rings is 1. The van der Waals surface area contributed by atoms with Gasteiger partial charge in [0.25, 0.3) is 0 Å². The summed E-state index contributed by atoms with van der Waals surface area (Å²) in [5.74, 6) is 0.756. The van der Waals surface area contributed by atoms with Crippen LogP contribution in [0.25, 0.3) is 0 Å². The van der Waals surface area contributed by atoms with E-state index in [-0.39, 0.29) is 11.8 Å². The lowest BCUT2D eigenvalue weighted by Crippen LogP contribution is -2.31. The summed E-state index contributed by atoms with van der Waals surface area (Å²) < 4.78 is 7.46. The largest absolute Gasteiger partial charge is 0.469 e. The minimum atomic E-state index is -0.114. The first kappa shape index (κ1) is 17.1. The van der Waals surface area contributed by atoms with Gasteiger partial charge in [0.05, 0.1) is 24.4 Å². The van der Waals surface area contributed by atoms with E-state index in [1.165, 1.54) is 0 Å². The lowest BCUT2D eigenvalue weighted by atomic mass is 9.92. The Bertz CT molecular complexity index is 954. The number of carbonyl (C=O) groups is 1. The fraction of sp³-hybridized carbons (Fsp3) is 0.286. The van der Waals surface area contributed by atoms with E-state index in [2.05, 4.69) is 11.2 Å². The van der Waals surface area contributed by atoms with Gasteiger partial charge in [-0.25, -0.2) is 0 Å². The van der Waals surface area contributed by atoms with E-state index in [1.807, 2.05) is 52.0 Å². The second kappa shape index (κ2) is 7.50. The molecule has 136 valence electrons. The third-order valence-corrected chi connectivity index (χ3v) is 4.95. The Morgan fingerprint density at radius 2 is 2.07 bits per heavy atom.